The number of likely N-dealkylation sites (tertiary alicyclic amines) is 1. The lowest BCUT2D eigenvalue weighted by molar-refractivity contribution is 0.240. The van der Waals surface area contributed by atoms with Gasteiger partial charge in [-0.1, -0.05) is 12.1 Å². The van der Waals surface area contributed by atoms with Crippen molar-refractivity contribution in [2.45, 2.75) is 25.4 Å². The molecule has 4 rings (SSSR count). The quantitative estimate of drug-likeness (QED) is 0.800. The van der Waals surface area contributed by atoms with Crippen LogP contribution in [0, 0.1) is 0 Å². The van der Waals surface area contributed by atoms with Crippen molar-refractivity contribution in [3.05, 3.63) is 54.0 Å². The Kier molecular flexibility index (Phi) is 3.94. The number of benzene rings is 1. The zero-order valence-corrected chi connectivity index (χ0v) is 14.2. The van der Waals surface area contributed by atoms with E-state index < -0.39 is 0 Å². The summed E-state index contributed by atoms with van der Waals surface area (Å²) in [6.45, 7) is 2.00. The number of rotatable bonds is 4. The molecule has 1 aliphatic heterocycles. The van der Waals surface area contributed by atoms with E-state index in [1.807, 2.05) is 19.3 Å². The molecule has 5 heteroatoms. The first kappa shape index (κ1) is 15.1. The Balaban J connectivity index is 1.61. The van der Waals surface area contributed by atoms with Gasteiger partial charge in [0.1, 0.15) is 11.6 Å². The Morgan fingerprint density at radius 1 is 1.25 bits per heavy atom. The van der Waals surface area contributed by atoms with Crippen molar-refractivity contribution in [2.75, 3.05) is 18.9 Å². The van der Waals surface area contributed by atoms with Gasteiger partial charge in [0.15, 0.2) is 0 Å². The molecule has 0 aliphatic carbocycles. The van der Waals surface area contributed by atoms with Crippen molar-refractivity contribution < 1.29 is 0 Å². The highest BCUT2D eigenvalue weighted by Gasteiger charge is 2.27. The van der Waals surface area contributed by atoms with E-state index >= 15 is 0 Å². The molecule has 3 aromatic rings. The molecule has 5 nitrogen and oxygen atoms in total. The van der Waals surface area contributed by atoms with Crippen LogP contribution in [0.4, 0.5) is 5.82 Å². The maximum atomic E-state index is 4.83. The molecule has 24 heavy (non-hydrogen) atoms. The van der Waals surface area contributed by atoms with Gasteiger partial charge in [0.25, 0.3) is 0 Å². The number of pyridine rings is 1. The van der Waals surface area contributed by atoms with Gasteiger partial charge in [-0.05, 0) is 49.2 Å². The SMILES string of the molecule is CNc1cc([C@@H]2CCCN2Cc2nc3ccccc3n2C)ccn1. The van der Waals surface area contributed by atoms with E-state index in [2.05, 4.69) is 57.1 Å². The number of aromatic nitrogens is 3. The molecule has 1 atom stereocenters. The van der Waals surface area contributed by atoms with E-state index in [1.54, 1.807) is 0 Å². The molecule has 1 fully saturated rings. The van der Waals surface area contributed by atoms with E-state index in [0.717, 1.165) is 30.2 Å². The second kappa shape index (κ2) is 6.24. The summed E-state index contributed by atoms with van der Waals surface area (Å²) in [5.74, 6) is 2.06. The standard InChI is InChI=1S/C19H23N5/c1-20-18-12-14(9-10-21-18)16-8-5-11-24(16)13-19-22-15-6-3-4-7-17(15)23(19)2/h3-4,6-7,9-10,12,16H,5,8,11,13H2,1-2H3,(H,20,21)/t16-/m0/s1. The van der Waals surface area contributed by atoms with Gasteiger partial charge >= 0.3 is 0 Å². The fourth-order valence-electron chi connectivity index (χ4n) is 3.70. The Morgan fingerprint density at radius 3 is 2.96 bits per heavy atom. The van der Waals surface area contributed by atoms with Gasteiger partial charge in [0.2, 0.25) is 0 Å². The molecule has 3 heterocycles. The average molecular weight is 321 g/mol. The van der Waals surface area contributed by atoms with Crippen LogP contribution < -0.4 is 5.32 Å². The van der Waals surface area contributed by atoms with E-state index in [-0.39, 0.29) is 0 Å². The fourth-order valence-corrected chi connectivity index (χ4v) is 3.70. The average Bonchev–Trinajstić information content (AvgIpc) is 3.21. The van der Waals surface area contributed by atoms with Crippen molar-refractivity contribution in [2.24, 2.45) is 7.05 Å². The van der Waals surface area contributed by atoms with Crippen LogP contribution in [0.25, 0.3) is 11.0 Å². The molecule has 1 aliphatic rings. The van der Waals surface area contributed by atoms with Crippen molar-refractivity contribution in [3.63, 3.8) is 0 Å². The first-order chi connectivity index (χ1) is 11.8. The third kappa shape index (κ3) is 2.65. The smallest absolute Gasteiger partial charge is 0.125 e. The molecule has 2 aromatic heterocycles. The van der Waals surface area contributed by atoms with Crippen molar-refractivity contribution in [1.29, 1.82) is 0 Å². The van der Waals surface area contributed by atoms with Crippen LogP contribution in [0.1, 0.15) is 30.3 Å². The van der Waals surface area contributed by atoms with Crippen LogP contribution in [0.5, 0.6) is 0 Å². The highest BCUT2D eigenvalue weighted by Crippen LogP contribution is 2.33. The number of aryl methyl sites for hydroxylation is 1. The lowest BCUT2D eigenvalue weighted by atomic mass is 10.1. The van der Waals surface area contributed by atoms with Gasteiger partial charge < -0.3 is 9.88 Å². The van der Waals surface area contributed by atoms with Crippen LogP contribution in [0.15, 0.2) is 42.6 Å². The lowest BCUT2D eigenvalue weighted by Crippen LogP contribution is -2.24. The van der Waals surface area contributed by atoms with Crippen LogP contribution in [-0.4, -0.2) is 33.0 Å². The number of imidazole rings is 1. The summed E-state index contributed by atoms with van der Waals surface area (Å²) < 4.78 is 2.22. The lowest BCUT2D eigenvalue weighted by Gasteiger charge is -2.24. The molecule has 0 bridgehead atoms. The Morgan fingerprint density at radius 2 is 2.12 bits per heavy atom. The topological polar surface area (TPSA) is 46.0 Å². The molecular formula is C19H23N5. The van der Waals surface area contributed by atoms with E-state index in [1.165, 1.54) is 23.9 Å². The van der Waals surface area contributed by atoms with Crippen molar-refractivity contribution >= 4 is 16.9 Å². The summed E-state index contributed by atoms with van der Waals surface area (Å²) in [6.07, 6.45) is 4.32. The number of nitrogens with zero attached hydrogens (tertiary/aromatic N) is 4. The molecular weight excluding hydrogens is 298 g/mol. The molecule has 0 unspecified atom stereocenters. The molecule has 1 aromatic carbocycles. The Labute approximate surface area is 142 Å². The van der Waals surface area contributed by atoms with E-state index in [9.17, 15) is 0 Å². The van der Waals surface area contributed by atoms with Crippen molar-refractivity contribution in [1.82, 2.24) is 19.4 Å². The Hall–Kier alpha value is -2.40. The van der Waals surface area contributed by atoms with Crippen LogP contribution in [0.2, 0.25) is 0 Å². The van der Waals surface area contributed by atoms with E-state index in [0.29, 0.717) is 6.04 Å². The third-order valence-electron chi connectivity index (χ3n) is 5.01. The zero-order valence-electron chi connectivity index (χ0n) is 14.2. The van der Waals surface area contributed by atoms with Gasteiger partial charge in [0, 0.05) is 26.3 Å². The summed E-state index contributed by atoms with van der Waals surface area (Å²) >= 11 is 0. The Bertz CT molecular complexity index is 854. The fraction of sp³-hybridized carbons (Fsp3) is 0.368. The number of fused-ring (bicyclic) bond motifs is 1. The van der Waals surface area contributed by atoms with Gasteiger partial charge in [0.05, 0.1) is 17.6 Å². The molecule has 1 N–H and O–H groups in total. The number of hydrogen-bond acceptors (Lipinski definition) is 4. The first-order valence-electron chi connectivity index (χ1n) is 8.54. The predicted molar refractivity (Wildman–Crippen MR) is 96.9 cm³/mol. The third-order valence-corrected chi connectivity index (χ3v) is 5.01. The second-order valence-corrected chi connectivity index (χ2v) is 6.43. The minimum Gasteiger partial charge on any atom is -0.373 e. The molecule has 0 amide bonds. The first-order valence-corrected chi connectivity index (χ1v) is 8.54. The monoisotopic (exact) mass is 321 g/mol. The second-order valence-electron chi connectivity index (χ2n) is 6.43. The van der Waals surface area contributed by atoms with Gasteiger partial charge in [-0.15, -0.1) is 0 Å². The minimum atomic E-state index is 0.444. The summed E-state index contributed by atoms with van der Waals surface area (Å²) in [6, 6.07) is 13.1. The zero-order chi connectivity index (χ0) is 16.5. The van der Waals surface area contributed by atoms with Gasteiger partial charge in [-0.3, -0.25) is 4.90 Å². The number of hydrogen-bond donors (Lipinski definition) is 1. The molecule has 0 radical (unpaired) electrons. The highest BCUT2D eigenvalue weighted by atomic mass is 15.2. The molecule has 124 valence electrons. The largest absolute Gasteiger partial charge is 0.373 e. The molecule has 1 saturated heterocycles. The summed E-state index contributed by atoms with van der Waals surface area (Å²) in [4.78, 5) is 11.7. The maximum Gasteiger partial charge on any atom is 0.125 e. The molecule has 0 saturated carbocycles. The van der Waals surface area contributed by atoms with Crippen LogP contribution >= 0.6 is 0 Å². The number of nitrogens with one attached hydrogen (secondary N) is 1. The summed E-state index contributed by atoms with van der Waals surface area (Å²) in [5, 5.41) is 3.14. The van der Waals surface area contributed by atoms with Crippen LogP contribution in [-0.2, 0) is 13.6 Å². The molecule has 0 spiro atoms. The van der Waals surface area contributed by atoms with Crippen LogP contribution in [0.3, 0.4) is 0 Å². The summed E-state index contributed by atoms with van der Waals surface area (Å²) in [5.41, 5.74) is 3.61. The predicted octanol–water partition coefficient (Wildman–Crippen LogP) is 3.35. The maximum absolute atomic E-state index is 4.83. The number of anilines is 1. The van der Waals surface area contributed by atoms with E-state index in [4.69, 9.17) is 4.98 Å². The van der Waals surface area contributed by atoms with Crippen molar-refractivity contribution in [3.8, 4) is 0 Å². The van der Waals surface area contributed by atoms with Gasteiger partial charge in [-0.25, -0.2) is 9.97 Å². The number of para-hydroxylation sites is 2. The summed E-state index contributed by atoms with van der Waals surface area (Å²) in [7, 11) is 4.03. The highest BCUT2D eigenvalue weighted by molar-refractivity contribution is 5.75. The normalized spacial score (nSPS) is 18.3. The van der Waals surface area contributed by atoms with Gasteiger partial charge in [-0.2, -0.15) is 0 Å². The minimum absolute atomic E-state index is 0.444.